The molecule has 0 saturated heterocycles. The standard InChI is InChI=1S/C21H15ClN2O5S2/c22-12-4-2-1-3-11(12)9-28-20(27)24-18-17(23-10-29-18)15-7-13-14(30-15)8-16(31-13)21(5-6-21)19(25)26/h1-4,7-8,10H,5-6,9H2,(H,24,27)(H,25,26). The number of hydrogen-bond acceptors (Lipinski definition) is 7. The number of carboxylic acid groups (broad SMARTS) is 1. The lowest BCUT2D eigenvalue weighted by Crippen LogP contribution is -2.17. The van der Waals surface area contributed by atoms with Gasteiger partial charge in [0.2, 0.25) is 5.88 Å². The third kappa shape index (κ3) is 3.69. The Balaban J connectivity index is 1.31. The number of nitrogens with one attached hydrogen (secondary N) is 1. The van der Waals surface area contributed by atoms with Crippen molar-refractivity contribution in [2.24, 2.45) is 0 Å². The molecule has 1 saturated carbocycles. The number of fused-ring (bicyclic) bond motifs is 1. The molecule has 0 unspecified atom stereocenters. The lowest BCUT2D eigenvalue weighted by Gasteiger charge is -2.07. The fourth-order valence-electron chi connectivity index (χ4n) is 3.28. The maximum absolute atomic E-state index is 12.2. The van der Waals surface area contributed by atoms with Gasteiger partial charge in [-0.15, -0.1) is 22.7 Å². The summed E-state index contributed by atoms with van der Waals surface area (Å²) in [7, 11) is 0. The fourth-order valence-corrected chi connectivity index (χ4v) is 6.10. The van der Waals surface area contributed by atoms with Crippen LogP contribution in [0.1, 0.15) is 23.3 Å². The van der Waals surface area contributed by atoms with Crippen molar-refractivity contribution in [2.75, 3.05) is 5.32 Å². The van der Waals surface area contributed by atoms with Crippen LogP contribution in [0.5, 0.6) is 0 Å². The van der Waals surface area contributed by atoms with Crippen LogP contribution in [0.2, 0.25) is 5.02 Å². The SMILES string of the molecule is O=C(Nc1ocnc1-c1cc2sc(C3(C(=O)O)CC3)cc2s1)OCc1ccccc1Cl. The van der Waals surface area contributed by atoms with Crippen LogP contribution in [0.15, 0.2) is 47.2 Å². The van der Waals surface area contributed by atoms with Gasteiger partial charge in [-0.1, -0.05) is 29.8 Å². The molecule has 1 amide bonds. The number of rotatable bonds is 6. The van der Waals surface area contributed by atoms with Crippen molar-refractivity contribution >= 4 is 61.6 Å². The molecule has 7 nitrogen and oxygen atoms in total. The summed E-state index contributed by atoms with van der Waals surface area (Å²) in [5.74, 6) is -0.581. The summed E-state index contributed by atoms with van der Waals surface area (Å²) >= 11 is 9.03. The van der Waals surface area contributed by atoms with Gasteiger partial charge in [-0.2, -0.15) is 0 Å². The molecule has 10 heteroatoms. The predicted octanol–water partition coefficient (Wildman–Crippen LogP) is 6.14. The molecule has 0 spiro atoms. The Bertz CT molecular complexity index is 1270. The van der Waals surface area contributed by atoms with Crippen LogP contribution in [0, 0.1) is 0 Å². The second-order valence-corrected chi connectivity index (χ2v) is 9.73. The Kier molecular flexibility index (Phi) is 4.96. The highest BCUT2D eigenvalue weighted by atomic mass is 35.5. The lowest BCUT2D eigenvalue weighted by molar-refractivity contribution is -0.139. The second-order valence-electron chi connectivity index (χ2n) is 7.16. The number of aliphatic carboxylic acids is 1. The zero-order valence-corrected chi connectivity index (χ0v) is 18.3. The highest BCUT2D eigenvalue weighted by molar-refractivity contribution is 7.29. The first-order valence-corrected chi connectivity index (χ1v) is 11.4. The molecule has 4 aromatic rings. The third-order valence-electron chi connectivity index (χ3n) is 5.17. The Morgan fingerprint density at radius 1 is 1.23 bits per heavy atom. The number of oxazole rings is 1. The smallest absolute Gasteiger partial charge is 0.414 e. The van der Waals surface area contributed by atoms with Crippen LogP contribution < -0.4 is 5.32 Å². The number of nitrogens with zero attached hydrogens (tertiary/aromatic N) is 1. The van der Waals surface area contributed by atoms with Gasteiger partial charge in [0, 0.05) is 24.9 Å². The number of ether oxygens (including phenoxy) is 1. The van der Waals surface area contributed by atoms with Gasteiger partial charge in [0.05, 0.1) is 4.88 Å². The number of benzene rings is 1. The molecule has 31 heavy (non-hydrogen) atoms. The van der Waals surface area contributed by atoms with Crippen molar-refractivity contribution in [3.05, 3.63) is 58.3 Å². The molecule has 5 rings (SSSR count). The number of aromatic nitrogens is 1. The van der Waals surface area contributed by atoms with Crippen molar-refractivity contribution in [1.82, 2.24) is 4.98 Å². The van der Waals surface area contributed by atoms with Crippen molar-refractivity contribution in [1.29, 1.82) is 0 Å². The molecule has 1 aliphatic rings. The zero-order valence-electron chi connectivity index (χ0n) is 15.9. The molecule has 1 aromatic carbocycles. The second kappa shape index (κ2) is 7.67. The molecule has 0 aliphatic heterocycles. The van der Waals surface area contributed by atoms with E-state index in [9.17, 15) is 14.7 Å². The van der Waals surface area contributed by atoms with Gasteiger partial charge < -0.3 is 14.3 Å². The van der Waals surface area contributed by atoms with Crippen LogP contribution in [-0.2, 0) is 21.6 Å². The molecule has 3 heterocycles. The lowest BCUT2D eigenvalue weighted by atomic mass is 10.1. The zero-order chi connectivity index (χ0) is 21.6. The van der Waals surface area contributed by atoms with E-state index in [1.165, 1.54) is 29.1 Å². The van der Waals surface area contributed by atoms with E-state index in [0.717, 1.165) is 19.2 Å². The summed E-state index contributed by atoms with van der Waals surface area (Å²) in [5, 5.41) is 12.6. The van der Waals surface area contributed by atoms with E-state index in [2.05, 4.69) is 10.3 Å². The molecule has 158 valence electrons. The highest BCUT2D eigenvalue weighted by Gasteiger charge is 2.53. The van der Waals surface area contributed by atoms with Crippen molar-refractivity contribution in [3.8, 4) is 10.6 Å². The average Bonchev–Trinajstić information content (AvgIpc) is 3.04. The first-order chi connectivity index (χ1) is 15.0. The summed E-state index contributed by atoms with van der Waals surface area (Å²) in [6, 6.07) is 11.0. The largest absolute Gasteiger partial charge is 0.481 e. The van der Waals surface area contributed by atoms with Gasteiger partial charge in [-0.05, 0) is 31.0 Å². The molecule has 2 N–H and O–H groups in total. The normalized spacial score (nSPS) is 14.5. The first-order valence-electron chi connectivity index (χ1n) is 9.34. The van der Waals surface area contributed by atoms with Gasteiger partial charge in [0.1, 0.15) is 17.7 Å². The summed E-state index contributed by atoms with van der Waals surface area (Å²) < 4.78 is 12.5. The molecular formula is C21H15ClN2O5S2. The molecule has 0 bridgehead atoms. The molecule has 0 atom stereocenters. The Morgan fingerprint density at radius 3 is 2.71 bits per heavy atom. The number of carboxylic acids is 1. The van der Waals surface area contributed by atoms with E-state index >= 15 is 0 Å². The van der Waals surface area contributed by atoms with Crippen LogP contribution in [0.4, 0.5) is 10.7 Å². The number of carbonyl (C=O) groups excluding carboxylic acids is 1. The Morgan fingerprint density at radius 2 is 2.00 bits per heavy atom. The first kappa shape index (κ1) is 20.0. The summed E-state index contributed by atoms with van der Waals surface area (Å²) in [5.41, 5.74) is 0.473. The van der Waals surface area contributed by atoms with E-state index in [4.69, 9.17) is 20.8 Å². The van der Waals surface area contributed by atoms with Crippen LogP contribution >= 0.6 is 34.3 Å². The summed E-state index contributed by atoms with van der Waals surface area (Å²) in [6.45, 7) is 0.0256. The molecule has 0 radical (unpaired) electrons. The quantitative estimate of drug-likeness (QED) is 0.348. The molecular weight excluding hydrogens is 460 g/mol. The van der Waals surface area contributed by atoms with Crippen LogP contribution in [-0.4, -0.2) is 22.2 Å². The Labute approximate surface area is 189 Å². The van der Waals surface area contributed by atoms with Gasteiger partial charge >= 0.3 is 12.1 Å². The molecule has 1 aliphatic carbocycles. The summed E-state index contributed by atoms with van der Waals surface area (Å²) in [4.78, 5) is 29.7. The van der Waals surface area contributed by atoms with Gasteiger partial charge in [-0.25, -0.2) is 9.78 Å². The fraction of sp³-hybridized carbons (Fsp3) is 0.190. The highest BCUT2D eigenvalue weighted by Crippen LogP contribution is 2.53. The number of hydrogen-bond donors (Lipinski definition) is 2. The van der Waals surface area contributed by atoms with E-state index in [1.807, 2.05) is 18.2 Å². The maximum Gasteiger partial charge on any atom is 0.414 e. The minimum absolute atomic E-state index is 0.0256. The average molecular weight is 475 g/mol. The number of halogens is 1. The van der Waals surface area contributed by atoms with E-state index in [-0.39, 0.29) is 12.5 Å². The van der Waals surface area contributed by atoms with Crippen molar-refractivity contribution in [3.63, 3.8) is 0 Å². The van der Waals surface area contributed by atoms with E-state index in [1.54, 1.807) is 18.2 Å². The van der Waals surface area contributed by atoms with Crippen LogP contribution in [0.25, 0.3) is 20.0 Å². The number of anilines is 1. The Hall–Kier alpha value is -2.88. The number of carbonyl (C=O) groups is 2. The minimum Gasteiger partial charge on any atom is -0.481 e. The van der Waals surface area contributed by atoms with Gasteiger partial charge in [0.15, 0.2) is 6.39 Å². The third-order valence-corrected chi connectivity index (χ3v) is 8.04. The van der Waals surface area contributed by atoms with Gasteiger partial charge in [-0.3, -0.25) is 10.1 Å². The van der Waals surface area contributed by atoms with E-state index < -0.39 is 17.5 Å². The molecule has 3 aromatic heterocycles. The number of thiophene rings is 2. The predicted molar refractivity (Wildman–Crippen MR) is 119 cm³/mol. The number of amides is 1. The van der Waals surface area contributed by atoms with Crippen LogP contribution in [0.3, 0.4) is 0 Å². The topological polar surface area (TPSA) is 102 Å². The van der Waals surface area contributed by atoms with E-state index in [0.29, 0.717) is 29.1 Å². The molecule has 1 fully saturated rings. The summed E-state index contributed by atoms with van der Waals surface area (Å²) in [6.07, 6.45) is 1.92. The monoisotopic (exact) mass is 474 g/mol. The van der Waals surface area contributed by atoms with Crippen molar-refractivity contribution in [2.45, 2.75) is 24.9 Å². The minimum atomic E-state index is -0.764. The maximum atomic E-state index is 12.2. The van der Waals surface area contributed by atoms with Crippen molar-refractivity contribution < 1.29 is 23.8 Å². The van der Waals surface area contributed by atoms with Gasteiger partial charge in [0.25, 0.3) is 0 Å².